The molecule has 1 amide bonds. The van der Waals surface area contributed by atoms with E-state index in [4.69, 9.17) is 0 Å². The van der Waals surface area contributed by atoms with Crippen LogP contribution < -0.4 is 5.32 Å². The van der Waals surface area contributed by atoms with Crippen LogP contribution in [0.3, 0.4) is 0 Å². The van der Waals surface area contributed by atoms with Crippen LogP contribution in [0.1, 0.15) is 58.8 Å². The van der Waals surface area contributed by atoms with Gasteiger partial charge in [-0.1, -0.05) is 25.0 Å². The molecule has 0 bridgehead atoms. The first kappa shape index (κ1) is 18.5. The normalized spacial score (nSPS) is 17.4. The Balaban J connectivity index is 1.77. The van der Waals surface area contributed by atoms with E-state index >= 15 is 0 Å². The Morgan fingerprint density at radius 3 is 2.64 bits per heavy atom. The monoisotopic (exact) mass is 375 g/mol. The molecule has 5 heteroatoms. The molecular weight excluding hydrogens is 350 g/mol. The van der Waals surface area contributed by atoms with Gasteiger partial charge < -0.3 is 10.4 Å². The third kappa shape index (κ3) is 3.94. The largest absolute Gasteiger partial charge is 0.388 e. The maximum Gasteiger partial charge on any atom is 0.252 e. The van der Waals surface area contributed by atoms with Crippen LogP contribution in [0.15, 0.2) is 41.3 Å². The van der Waals surface area contributed by atoms with E-state index in [1.165, 1.54) is 17.7 Å². The number of thiophene rings is 1. The summed E-state index contributed by atoms with van der Waals surface area (Å²) >= 11 is 3.28. The van der Waals surface area contributed by atoms with E-state index in [1.54, 1.807) is 30.0 Å². The highest BCUT2D eigenvalue weighted by atomic mass is 32.2. The van der Waals surface area contributed by atoms with Crippen molar-refractivity contribution < 1.29 is 9.90 Å². The van der Waals surface area contributed by atoms with Gasteiger partial charge in [0.2, 0.25) is 0 Å². The number of carbonyl (C=O) groups is 1. The average Bonchev–Trinajstić information content (AvgIpc) is 3.29. The highest BCUT2D eigenvalue weighted by Gasteiger charge is 2.37. The molecule has 1 heterocycles. The third-order valence-corrected chi connectivity index (χ3v) is 7.36. The van der Waals surface area contributed by atoms with Gasteiger partial charge >= 0.3 is 0 Å². The summed E-state index contributed by atoms with van der Waals surface area (Å²) in [7, 11) is 0. The molecule has 1 aliphatic rings. The summed E-state index contributed by atoms with van der Waals surface area (Å²) < 4.78 is 0. The number of amides is 1. The van der Waals surface area contributed by atoms with Crippen LogP contribution in [0.4, 0.5) is 0 Å². The average molecular weight is 376 g/mol. The molecular formula is C20H25NO2S2. The van der Waals surface area contributed by atoms with E-state index < -0.39 is 6.10 Å². The highest BCUT2D eigenvalue weighted by Crippen LogP contribution is 2.44. The van der Waals surface area contributed by atoms with Crippen LogP contribution in [0.2, 0.25) is 0 Å². The van der Waals surface area contributed by atoms with Gasteiger partial charge in [-0.3, -0.25) is 4.79 Å². The van der Waals surface area contributed by atoms with Crippen molar-refractivity contribution in [2.45, 2.75) is 49.0 Å². The highest BCUT2D eigenvalue weighted by molar-refractivity contribution is 7.98. The number of benzene rings is 1. The molecule has 0 spiro atoms. The summed E-state index contributed by atoms with van der Waals surface area (Å²) in [4.78, 5) is 16.0. The molecule has 1 aromatic heterocycles. The Hall–Kier alpha value is -1.30. The van der Waals surface area contributed by atoms with Crippen molar-refractivity contribution in [1.29, 1.82) is 0 Å². The van der Waals surface area contributed by atoms with Gasteiger partial charge in [0.15, 0.2) is 0 Å². The first-order valence-corrected chi connectivity index (χ1v) is 10.8. The number of rotatable bonds is 6. The van der Waals surface area contributed by atoms with Gasteiger partial charge in [-0.05, 0) is 50.3 Å². The van der Waals surface area contributed by atoms with Crippen LogP contribution in [-0.4, -0.2) is 23.8 Å². The van der Waals surface area contributed by atoms with Gasteiger partial charge in [-0.2, -0.15) is 0 Å². The van der Waals surface area contributed by atoms with E-state index in [2.05, 4.69) is 11.4 Å². The fraction of sp³-hybridized carbons (Fsp3) is 0.450. The fourth-order valence-corrected chi connectivity index (χ4v) is 5.39. The number of aliphatic hydroxyl groups is 1. The minimum Gasteiger partial charge on any atom is -0.388 e. The third-order valence-electron chi connectivity index (χ3n) is 5.06. The lowest BCUT2D eigenvalue weighted by Crippen LogP contribution is -2.38. The molecule has 0 aliphatic heterocycles. The molecule has 1 fully saturated rings. The zero-order valence-corrected chi connectivity index (χ0v) is 16.4. The maximum atomic E-state index is 12.7. The number of thioether (sulfide) groups is 1. The Kier molecular flexibility index (Phi) is 5.87. The Morgan fingerprint density at radius 2 is 2.00 bits per heavy atom. The number of nitrogens with one attached hydrogen (secondary N) is 1. The van der Waals surface area contributed by atoms with Gasteiger partial charge in [0, 0.05) is 26.6 Å². The van der Waals surface area contributed by atoms with Crippen molar-refractivity contribution in [2.75, 3.05) is 12.8 Å². The molecule has 134 valence electrons. The zero-order chi connectivity index (χ0) is 17.9. The minimum atomic E-state index is -0.430. The Labute approximate surface area is 157 Å². The van der Waals surface area contributed by atoms with Crippen molar-refractivity contribution in [3.8, 4) is 0 Å². The van der Waals surface area contributed by atoms with Crippen LogP contribution in [0.5, 0.6) is 0 Å². The van der Waals surface area contributed by atoms with Crippen LogP contribution >= 0.6 is 23.1 Å². The van der Waals surface area contributed by atoms with E-state index in [0.29, 0.717) is 6.54 Å². The molecule has 0 radical (unpaired) electrons. The second-order valence-corrected chi connectivity index (χ2v) is 8.71. The van der Waals surface area contributed by atoms with Crippen molar-refractivity contribution in [3.05, 3.63) is 51.7 Å². The molecule has 25 heavy (non-hydrogen) atoms. The topological polar surface area (TPSA) is 49.3 Å². The first-order valence-electron chi connectivity index (χ1n) is 8.75. The summed E-state index contributed by atoms with van der Waals surface area (Å²) in [5.41, 5.74) is 0.765. The summed E-state index contributed by atoms with van der Waals surface area (Å²) in [5, 5.41) is 13.0. The minimum absolute atomic E-state index is 0.00327. The molecule has 1 saturated carbocycles. The molecule has 2 N–H and O–H groups in total. The van der Waals surface area contributed by atoms with Gasteiger partial charge in [-0.25, -0.2) is 0 Å². The summed E-state index contributed by atoms with van der Waals surface area (Å²) in [6.07, 6.45) is 6.14. The van der Waals surface area contributed by atoms with Crippen LogP contribution in [0.25, 0.3) is 0 Å². The van der Waals surface area contributed by atoms with Gasteiger partial charge in [0.1, 0.15) is 0 Å². The molecule has 0 saturated heterocycles. The SMILES string of the molecule is CSc1ccccc1C(=O)NCC1(c2ccc(C(C)O)s2)CCCC1. The number of carbonyl (C=O) groups excluding carboxylic acids is 1. The molecule has 1 aromatic carbocycles. The van der Waals surface area contributed by atoms with Gasteiger partial charge in [0.25, 0.3) is 5.91 Å². The smallest absolute Gasteiger partial charge is 0.252 e. The quantitative estimate of drug-likeness (QED) is 0.715. The molecule has 2 aromatic rings. The predicted molar refractivity (Wildman–Crippen MR) is 106 cm³/mol. The van der Waals surface area contributed by atoms with Gasteiger partial charge in [-0.15, -0.1) is 23.1 Å². The number of hydrogen-bond donors (Lipinski definition) is 2. The summed E-state index contributed by atoms with van der Waals surface area (Å²) in [6.45, 7) is 2.46. The van der Waals surface area contributed by atoms with Crippen molar-refractivity contribution in [1.82, 2.24) is 5.32 Å². The molecule has 3 nitrogen and oxygen atoms in total. The molecule has 1 atom stereocenters. The first-order chi connectivity index (χ1) is 12.1. The Morgan fingerprint density at radius 1 is 1.28 bits per heavy atom. The second kappa shape index (κ2) is 7.94. The summed E-state index contributed by atoms with van der Waals surface area (Å²) in [6, 6.07) is 11.9. The Bertz CT molecular complexity index is 733. The molecule has 1 aliphatic carbocycles. The van der Waals surface area contributed by atoms with E-state index in [9.17, 15) is 9.90 Å². The van der Waals surface area contributed by atoms with E-state index in [-0.39, 0.29) is 11.3 Å². The van der Waals surface area contributed by atoms with E-state index in [1.807, 2.05) is 36.6 Å². The number of hydrogen-bond acceptors (Lipinski definition) is 4. The van der Waals surface area contributed by atoms with Crippen LogP contribution in [-0.2, 0) is 5.41 Å². The standard InChI is InChI=1S/C20H25NO2S2/c1-14(22)16-9-10-18(25-16)20(11-5-6-12-20)13-21-19(23)15-7-3-4-8-17(15)24-2/h3-4,7-10,14,22H,5-6,11-13H2,1-2H3,(H,21,23). The molecule has 1 unspecified atom stereocenters. The zero-order valence-electron chi connectivity index (χ0n) is 14.7. The fourth-order valence-electron chi connectivity index (χ4n) is 3.60. The lowest BCUT2D eigenvalue weighted by atomic mass is 9.84. The van der Waals surface area contributed by atoms with Crippen molar-refractivity contribution in [3.63, 3.8) is 0 Å². The van der Waals surface area contributed by atoms with Crippen LogP contribution in [0, 0.1) is 0 Å². The van der Waals surface area contributed by atoms with Crippen molar-refractivity contribution in [2.24, 2.45) is 0 Å². The lowest BCUT2D eigenvalue weighted by Gasteiger charge is -2.28. The van der Waals surface area contributed by atoms with Crippen molar-refractivity contribution >= 4 is 29.0 Å². The maximum absolute atomic E-state index is 12.7. The number of aliphatic hydroxyl groups excluding tert-OH is 1. The second-order valence-electron chi connectivity index (χ2n) is 6.75. The summed E-state index contributed by atoms with van der Waals surface area (Å²) in [5.74, 6) is 0.00327. The molecule has 3 rings (SSSR count). The lowest BCUT2D eigenvalue weighted by molar-refractivity contribution is 0.0940. The van der Waals surface area contributed by atoms with Gasteiger partial charge in [0.05, 0.1) is 11.7 Å². The predicted octanol–water partition coefficient (Wildman–Crippen LogP) is 4.77. The van der Waals surface area contributed by atoms with E-state index in [0.717, 1.165) is 28.2 Å².